The zero-order valence-electron chi connectivity index (χ0n) is 32.5. The van der Waals surface area contributed by atoms with Crippen molar-refractivity contribution in [3.63, 3.8) is 0 Å². The molecule has 6 heteroatoms. The van der Waals surface area contributed by atoms with Crippen molar-refractivity contribution < 1.29 is 18.9 Å². The van der Waals surface area contributed by atoms with Gasteiger partial charge in [0.15, 0.2) is 29.1 Å². The van der Waals surface area contributed by atoms with Crippen LogP contribution in [0.1, 0.15) is 56.2 Å². The van der Waals surface area contributed by atoms with Crippen molar-refractivity contribution in [1.29, 1.82) is 0 Å². The number of hydrogen-bond donors (Lipinski definition) is 0. The predicted molar refractivity (Wildman–Crippen MR) is 228 cm³/mol. The van der Waals surface area contributed by atoms with Gasteiger partial charge in [-0.2, -0.15) is 0 Å². The van der Waals surface area contributed by atoms with E-state index in [4.69, 9.17) is 18.9 Å². The van der Waals surface area contributed by atoms with Crippen molar-refractivity contribution in [2.45, 2.75) is 61.5 Å². The summed E-state index contributed by atoms with van der Waals surface area (Å²) < 4.78 is 26.5. The Kier molecular flexibility index (Phi) is 10.0. The standard InChI is InChI=1S/C48H48O4P2/c1-29-15-30(2)20-38(19-29)53(39-21-31(3)16-32(4)22-39)37-9-10-42-44(27-37)52-45(28-51-42)47-46(12-11-43-48(47)50-14-13-49-43)54(40-23-33(5)17-34(6)24-40)41-25-35(7)18-36(8)26-41/h9-12,15-27,45H,13-14,28H2,1-8H3. The number of benzene rings is 6. The van der Waals surface area contributed by atoms with Crippen molar-refractivity contribution in [1.82, 2.24) is 0 Å². The van der Waals surface area contributed by atoms with Crippen molar-refractivity contribution in [3.8, 4) is 23.0 Å². The first-order valence-electron chi connectivity index (χ1n) is 18.8. The molecule has 274 valence electrons. The van der Waals surface area contributed by atoms with Gasteiger partial charge in [0.05, 0.1) is 5.56 Å². The lowest BCUT2D eigenvalue weighted by molar-refractivity contribution is 0.0860. The third-order valence-corrected chi connectivity index (χ3v) is 14.8. The van der Waals surface area contributed by atoms with Crippen LogP contribution >= 0.6 is 15.8 Å². The molecule has 0 aliphatic carbocycles. The Labute approximate surface area is 323 Å². The fraction of sp³-hybridized carbons (Fsp3) is 0.250. The molecule has 1 unspecified atom stereocenters. The second kappa shape index (κ2) is 14.9. The molecule has 0 fully saturated rings. The van der Waals surface area contributed by atoms with E-state index in [1.165, 1.54) is 76.3 Å². The molecule has 6 aromatic carbocycles. The van der Waals surface area contributed by atoms with Crippen LogP contribution in [0.4, 0.5) is 0 Å². The molecule has 1 atom stereocenters. The molecule has 6 aromatic rings. The lowest BCUT2D eigenvalue weighted by atomic mass is 10.1. The van der Waals surface area contributed by atoms with Crippen molar-refractivity contribution in [2.24, 2.45) is 0 Å². The molecular formula is C48H48O4P2. The molecule has 2 aliphatic heterocycles. The van der Waals surface area contributed by atoms with Crippen molar-refractivity contribution in [2.75, 3.05) is 19.8 Å². The van der Waals surface area contributed by atoms with Crippen LogP contribution in [-0.4, -0.2) is 19.8 Å². The molecule has 8 rings (SSSR count). The maximum Gasteiger partial charge on any atom is 0.169 e. The number of rotatable bonds is 7. The fourth-order valence-corrected chi connectivity index (χ4v) is 13.8. The highest BCUT2D eigenvalue weighted by molar-refractivity contribution is 7.80. The molecule has 0 saturated carbocycles. The molecule has 2 aliphatic rings. The predicted octanol–water partition coefficient (Wildman–Crippen LogP) is 8.95. The summed E-state index contributed by atoms with van der Waals surface area (Å²) >= 11 is 0. The van der Waals surface area contributed by atoms with Crippen LogP contribution in [0, 0.1) is 55.4 Å². The van der Waals surface area contributed by atoms with E-state index in [0.29, 0.717) is 19.8 Å². The molecule has 2 heterocycles. The largest absolute Gasteiger partial charge is 0.486 e. The van der Waals surface area contributed by atoms with Crippen LogP contribution in [0.15, 0.2) is 103 Å². The van der Waals surface area contributed by atoms with Gasteiger partial charge in [0.2, 0.25) is 0 Å². The zero-order valence-corrected chi connectivity index (χ0v) is 34.3. The highest BCUT2D eigenvalue weighted by Crippen LogP contribution is 2.48. The van der Waals surface area contributed by atoms with E-state index in [-0.39, 0.29) is 0 Å². The number of fused-ring (bicyclic) bond motifs is 2. The van der Waals surface area contributed by atoms with Gasteiger partial charge in [-0.1, -0.05) is 117 Å². The van der Waals surface area contributed by atoms with Gasteiger partial charge in [0, 0.05) is 0 Å². The van der Waals surface area contributed by atoms with Crippen LogP contribution in [0.5, 0.6) is 23.0 Å². The smallest absolute Gasteiger partial charge is 0.169 e. The van der Waals surface area contributed by atoms with Gasteiger partial charge in [-0.15, -0.1) is 0 Å². The second-order valence-electron chi connectivity index (χ2n) is 15.1. The van der Waals surface area contributed by atoms with Gasteiger partial charge >= 0.3 is 0 Å². The minimum absolute atomic E-state index is 0.366. The molecule has 4 nitrogen and oxygen atoms in total. The van der Waals surface area contributed by atoms with E-state index in [2.05, 4.69) is 159 Å². The monoisotopic (exact) mass is 750 g/mol. The summed E-state index contributed by atoms with van der Waals surface area (Å²) in [4.78, 5) is 0. The summed E-state index contributed by atoms with van der Waals surface area (Å²) in [6, 6.07) is 38.7. The first-order valence-corrected chi connectivity index (χ1v) is 21.5. The van der Waals surface area contributed by atoms with E-state index in [0.717, 1.165) is 28.6 Å². The molecule has 0 spiro atoms. The Hall–Kier alpha value is -4.62. The maximum atomic E-state index is 7.16. The lowest BCUT2D eigenvalue weighted by Crippen LogP contribution is -2.32. The maximum absolute atomic E-state index is 7.16. The van der Waals surface area contributed by atoms with Gasteiger partial charge < -0.3 is 18.9 Å². The summed E-state index contributed by atoms with van der Waals surface area (Å²) in [5, 5.41) is 7.70. The zero-order chi connectivity index (χ0) is 37.7. The number of aryl methyl sites for hydroxylation is 8. The molecule has 54 heavy (non-hydrogen) atoms. The van der Waals surface area contributed by atoms with E-state index in [1.54, 1.807) is 0 Å². The normalized spacial score (nSPS) is 14.8. The highest BCUT2D eigenvalue weighted by Gasteiger charge is 2.35. The third kappa shape index (κ3) is 7.40. The van der Waals surface area contributed by atoms with Crippen molar-refractivity contribution in [3.05, 3.63) is 153 Å². The van der Waals surface area contributed by atoms with Crippen LogP contribution < -0.4 is 50.8 Å². The minimum atomic E-state index is -0.997. The van der Waals surface area contributed by atoms with Crippen LogP contribution in [0.2, 0.25) is 0 Å². The summed E-state index contributed by atoms with van der Waals surface area (Å²) in [7, 11) is -1.87. The van der Waals surface area contributed by atoms with Gasteiger partial charge in [0.1, 0.15) is 19.8 Å². The van der Waals surface area contributed by atoms with Crippen LogP contribution in [0.3, 0.4) is 0 Å². The van der Waals surface area contributed by atoms with E-state index in [9.17, 15) is 0 Å². The summed E-state index contributed by atoms with van der Waals surface area (Å²) in [5.41, 5.74) is 11.1. The second-order valence-corrected chi connectivity index (χ2v) is 19.5. The molecular weight excluding hydrogens is 702 g/mol. The number of ether oxygens (including phenoxy) is 4. The molecule has 0 aromatic heterocycles. The Morgan fingerprint density at radius 2 is 0.852 bits per heavy atom. The first-order chi connectivity index (χ1) is 26.0. The topological polar surface area (TPSA) is 36.9 Å². The summed E-state index contributed by atoms with van der Waals surface area (Å²) in [5.74, 6) is 3.04. The third-order valence-electron chi connectivity index (χ3n) is 9.99. The SMILES string of the molecule is Cc1cc(C)cc(P(c2cc(C)cc(C)c2)c2ccc3c(c2)OC(c2c(P(c4cc(C)cc(C)c4)c4cc(C)cc(C)c4)ccc4c2OCCO4)CO3)c1. The molecule has 0 amide bonds. The average molecular weight is 751 g/mol. The molecule has 0 radical (unpaired) electrons. The summed E-state index contributed by atoms with van der Waals surface area (Å²) in [6.45, 7) is 18.9. The van der Waals surface area contributed by atoms with Gasteiger partial charge in [-0.25, -0.2) is 0 Å². The highest BCUT2D eigenvalue weighted by atomic mass is 31.1. The van der Waals surface area contributed by atoms with Gasteiger partial charge in [0.25, 0.3) is 0 Å². The first kappa shape index (κ1) is 36.4. The van der Waals surface area contributed by atoms with Crippen molar-refractivity contribution >= 4 is 47.7 Å². The Morgan fingerprint density at radius 1 is 0.407 bits per heavy atom. The number of hydrogen-bond acceptors (Lipinski definition) is 4. The quantitative estimate of drug-likeness (QED) is 0.153. The van der Waals surface area contributed by atoms with Crippen LogP contribution in [-0.2, 0) is 0 Å². The Morgan fingerprint density at radius 3 is 1.35 bits per heavy atom. The fourth-order valence-electron chi connectivity index (χ4n) is 8.17. The van der Waals surface area contributed by atoms with E-state index >= 15 is 0 Å². The lowest BCUT2D eigenvalue weighted by Gasteiger charge is -2.34. The molecule has 0 saturated heterocycles. The Bertz CT molecular complexity index is 2210. The van der Waals surface area contributed by atoms with E-state index in [1.807, 2.05) is 0 Å². The molecule has 0 N–H and O–H groups in total. The minimum Gasteiger partial charge on any atom is -0.486 e. The van der Waals surface area contributed by atoms with Gasteiger partial charge in [-0.3, -0.25) is 0 Å². The Balaban J connectivity index is 1.28. The van der Waals surface area contributed by atoms with Gasteiger partial charge in [-0.05, 0) is 133 Å². The average Bonchev–Trinajstić information content (AvgIpc) is 3.10. The summed E-state index contributed by atoms with van der Waals surface area (Å²) in [6.07, 6.45) is -0.408. The molecule has 0 bridgehead atoms. The van der Waals surface area contributed by atoms with Crippen LogP contribution in [0.25, 0.3) is 0 Å². The van der Waals surface area contributed by atoms with E-state index < -0.39 is 21.9 Å².